The number of rotatable bonds is 5. The van der Waals surface area contributed by atoms with Crippen LogP contribution in [0, 0.1) is 5.92 Å². The van der Waals surface area contributed by atoms with Gasteiger partial charge in [0.25, 0.3) is 0 Å². The van der Waals surface area contributed by atoms with Gasteiger partial charge in [-0.15, -0.1) is 0 Å². The summed E-state index contributed by atoms with van der Waals surface area (Å²) in [7, 11) is 1.74. The summed E-state index contributed by atoms with van der Waals surface area (Å²) in [6.07, 6.45) is 3.19. The second kappa shape index (κ2) is 6.14. The zero-order valence-electron chi connectivity index (χ0n) is 9.29. The molecule has 0 bridgehead atoms. The van der Waals surface area contributed by atoms with Crippen molar-refractivity contribution in [2.45, 2.75) is 26.2 Å². The number of carbonyl (C=O) groups excluding carboxylic acids is 1. The van der Waals surface area contributed by atoms with Gasteiger partial charge in [0.1, 0.15) is 5.78 Å². The van der Waals surface area contributed by atoms with E-state index in [1.54, 1.807) is 14.0 Å². The van der Waals surface area contributed by atoms with E-state index in [2.05, 4.69) is 4.90 Å². The number of ether oxygens (including phenoxy) is 1. The van der Waals surface area contributed by atoms with E-state index in [1.807, 2.05) is 0 Å². The van der Waals surface area contributed by atoms with Gasteiger partial charge < -0.3 is 9.64 Å². The van der Waals surface area contributed by atoms with Crippen LogP contribution in [0.2, 0.25) is 0 Å². The smallest absolute Gasteiger partial charge is 0.133 e. The third-order valence-electron chi connectivity index (χ3n) is 2.99. The van der Waals surface area contributed by atoms with Gasteiger partial charge in [0.05, 0.1) is 0 Å². The van der Waals surface area contributed by atoms with Gasteiger partial charge in [-0.1, -0.05) is 0 Å². The van der Waals surface area contributed by atoms with Crippen LogP contribution in [0.1, 0.15) is 26.2 Å². The number of nitrogens with zero attached hydrogens (tertiary/aromatic N) is 1. The van der Waals surface area contributed by atoms with E-state index in [4.69, 9.17) is 4.74 Å². The fourth-order valence-corrected chi connectivity index (χ4v) is 2.00. The Morgan fingerprint density at radius 1 is 1.43 bits per heavy atom. The van der Waals surface area contributed by atoms with Crippen LogP contribution in [0.15, 0.2) is 0 Å². The Morgan fingerprint density at radius 2 is 2.07 bits per heavy atom. The molecule has 0 saturated carbocycles. The van der Waals surface area contributed by atoms with Crippen molar-refractivity contribution in [3.63, 3.8) is 0 Å². The molecular formula is C11H21NO2. The molecule has 1 heterocycles. The van der Waals surface area contributed by atoms with Crippen molar-refractivity contribution < 1.29 is 9.53 Å². The molecule has 3 heteroatoms. The Morgan fingerprint density at radius 3 is 2.57 bits per heavy atom. The van der Waals surface area contributed by atoms with Gasteiger partial charge in [-0.3, -0.25) is 4.79 Å². The second-order valence-electron chi connectivity index (χ2n) is 4.07. The van der Waals surface area contributed by atoms with Gasteiger partial charge in [0.15, 0.2) is 0 Å². The predicted molar refractivity (Wildman–Crippen MR) is 56.3 cm³/mol. The van der Waals surface area contributed by atoms with E-state index in [-0.39, 0.29) is 0 Å². The monoisotopic (exact) mass is 199 g/mol. The number of methoxy groups -OCH3 is 1. The van der Waals surface area contributed by atoms with Gasteiger partial charge in [-0.2, -0.15) is 0 Å². The lowest BCUT2D eigenvalue weighted by molar-refractivity contribution is -0.122. The highest BCUT2D eigenvalue weighted by atomic mass is 16.5. The molecule has 82 valence electrons. The molecular weight excluding hydrogens is 178 g/mol. The molecule has 14 heavy (non-hydrogen) atoms. The van der Waals surface area contributed by atoms with Crippen LogP contribution in [0.25, 0.3) is 0 Å². The molecule has 0 atom stereocenters. The lowest BCUT2D eigenvalue weighted by atomic mass is 9.93. The van der Waals surface area contributed by atoms with Crippen molar-refractivity contribution in [1.82, 2.24) is 4.90 Å². The normalized spacial score (nSPS) is 19.9. The quantitative estimate of drug-likeness (QED) is 0.625. The maximum absolute atomic E-state index is 11.1. The van der Waals surface area contributed by atoms with E-state index in [1.165, 1.54) is 0 Å². The first-order valence-corrected chi connectivity index (χ1v) is 5.45. The maximum atomic E-state index is 11.1. The molecule has 0 aromatic heterocycles. The highest BCUT2D eigenvalue weighted by Gasteiger charge is 2.21. The maximum Gasteiger partial charge on any atom is 0.133 e. The summed E-state index contributed by atoms with van der Waals surface area (Å²) >= 11 is 0. The fraction of sp³-hybridized carbons (Fsp3) is 0.909. The van der Waals surface area contributed by atoms with Crippen molar-refractivity contribution in [2.24, 2.45) is 5.92 Å². The van der Waals surface area contributed by atoms with Crippen molar-refractivity contribution in [3.05, 3.63) is 0 Å². The van der Waals surface area contributed by atoms with Crippen LogP contribution in [0.3, 0.4) is 0 Å². The van der Waals surface area contributed by atoms with E-state index in [9.17, 15) is 4.79 Å². The molecule has 0 radical (unpaired) electrons. The Hall–Kier alpha value is -0.410. The van der Waals surface area contributed by atoms with E-state index in [0.717, 1.165) is 45.5 Å². The third-order valence-corrected chi connectivity index (χ3v) is 2.99. The van der Waals surface area contributed by atoms with Gasteiger partial charge >= 0.3 is 0 Å². The SMILES string of the molecule is COCCCN1CCC(C(C)=O)CC1. The fourth-order valence-electron chi connectivity index (χ4n) is 2.00. The summed E-state index contributed by atoms with van der Waals surface area (Å²) < 4.78 is 5.01. The molecule has 0 aliphatic carbocycles. The van der Waals surface area contributed by atoms with Crippen molar-refractivity contribution in [2.75, 3.05) is 33.4 Å². The molecule has 1 aliphatic heterocycles. The average Bonchev–Trinajstić information content (AvgIpc) is 2.19. The van der Waals surface area contributed by atoms with E-state index < -0.39 is 0 Å². The number of likely N-dealkylation sites (tertiary alicyclic amines) is 1. The van der Waals surface area contributed by atoms with Gasteiger partial charge in [-0.25, -0.2) is 0 Å². The van der Waals surface area contributed by atoms with Crippen LogP contribution in [-0.4, -0.2) is 44.0 Å². The number of piperidine rings is 1. The highest BCUT2D eigenvalue weighted by Crippen LogP contribution is 2.17. The molecule has 0 aromatic rings. The number of carbonyl (C=O) groups is 1. The van der Waals surface area contributed by atoms with Gasteiger partial charge in [-0.05, 0) is 39.3 Å². The summed E-state index contributed by atoms with van der Waals surface area (Å²) in [6, 6.07) is 0. The molecule has 1 fully saturated rings. The van der Waals surface area contributed by atoms with Gasteiger partial charge in [0, 0.05) is 26.2 Å². The van der Waals surface area contributed by atoms with Crippen molar-refractivity contribution >= 4 is 5.78 Å². The topological polar surface area (TPSA) is 29.5 Å². The first-order chi connectivity index (χ1) is 6.74. The van der Waals surface area contributed by atoms with Crippen LogP contribution in [0.5, 0.6) is 0 Å². The van der Waals surface area contributed by atoms with Crippen LogP contribution in [0.4, 0.5) is 0 Å². The second-order valence-corrected chi connectivity index (χ2v) is 4.07. The third kappa shape index (κ3) is 3.76. The first kappa shape index (κ1) is 11.7. The van der Waals surface area contributed by atoms with Crippen molar-refractivity contribution in [3.8, 4) is 0 Å². The Balaban J connectivity index is 2.12. The first-order valence-electron chi connectivity index (χ1n) is 5.45. The number of hydrogen-bond acceptors (Lipinski definition) is 3. The average molecular weight is 199 g/mol. The number of ketones is 1. The summed E-state index contributed by atoms with van der Waals surface area (Å²) in [5, 5.41) is 0. The predicted octanol–water partition coefficient (Wildman–Crippen LogP) is 1.32. The molecule has 1 rings (SSSR count). The van der Waals surface area contributed by atoms with E-state index in [0.29, 0.717) is 11.7 Å². The highest BCUT2D eigenvalue weighted by molar-refractivity contribution is 5.78. The minimum absolute atomic E-state index is 0.327. The van der Waals surface area contributed by atoms with Crippen molar-refractivity contribution in [1.29, 1.82) is 0 Å². The Labute approximate surface area is 86.4 Å². The molecule has 0 amide bonds. The Bertz CT molecular complexity index is 174. The molecule has 0 N–H and O–H groups in total. The molecule has 0 aromatic carbocycles. The number of hydrogen-bond donors (Lipinski definition) is 0. The van der Waals surface area contributed by atoms with Gasteiger partial charge in [0.2, 0.25) is 0 Å². The Kier molecular flexibility index (Phi) is 5.12. The minimum Gasteiger partial charge on any atom is -0.385 e. The van der Waals surface area contributed by atoms with Crippen LogP contribution < -0.4 is 0 Å². The standard InChI is InChI=1S/C11H21NO2/c1-10(13)11-4-7-12(8-5-11)6-3-9-14-2/h11H,3-9H2,1-2H3. The zero-order chi connectivity index (χ0) is 10.4. The van der Waals surface area contributed by atoms with E-state index >= 15 is 0 Å². The summed E-state index contributed by atoms with van der Waals surface area (Å²) in [5.41, 5.74) is 0. The molecule has 1 aliphatic rings. The number of Topliss-reactive ketones (excluding diaryl/α,β-unsaturated/α-hetero) is 1. The molecule has 3 nitrogen and oxygen atoms in total. The lowest BCUT2D eigenvalue weighted by Gasteiger charge is -2.30. The summed E-state index contributed by atoms with van der Waals surface area (Å²) in [4.78, 5) is 13.6. The summed E-state index contributed by atoms with van der Waals surface area (Å²) in [5.74, 6) is 0.690. The zero-order valence-corrected chi connectivity index (χ0v) is 9.29. The van der Waals surface area contributed by atoms with Crippen LogP contribution >= 0.6 is 0 Å². The molecule has 0 spiro atoms. The molecule has 1 saturated heterocycles. The lowest BCUT2D eigenvalue weighted by Crippen LogP contribution is -2.36. The largest absolute Gasteiger partial charge is 0.385 e. The molecule has 0 unspecified atom stereocenters. The minimum atomic E-state index is 0.327. The summed E-state index contributed by atoms with van der Waals surface area (Å²) in [6.45, 7) is 5.82. The van der Waals surface area contributed by atoms with Crippen LogP contribution in [-0.2, 0) is 9.53 Å².